The molecule has 23 heavy (non-hydrogen) atoms. The molecule has 126 valence electrons. The van der Waals surface area contributed by atoms with Gasteiger partial charge in [0, 0.05) is 19.8 Å². The molecule has 2 aromatic heterocycles. The first-order valence-electron chi connectivity index (χ1n) is 6.70. The first kappa shape index (κ1) is 17.0. The highest BCUT2D eigenvalue weighted by Crippen LogP contribution is 2.32. The third-order valence-electron chi connectivity index (χ3n) is 3.05. The number of aromatic nitrogens is 3. The molecule has 0 spiro atoms. The second-order valence-corrected chi connectivity index (χ2v) is 4.61. The van der Waals surface area contributed by atoms with Crippen LogP contribution in [0.15, 0.2) is 12.4 Å². The van der Waals surface area contributed by atoms with Gasteiger partial charge >= 0.3 is 12.1 Å². The summed E-state index contributed by atoms with van der Waals surface area (Å²) < 4.78 is 50.0. The molecule has 0 aliphatic rings. The number of fused-ring (bicyclic) bond motifs is 1. The minimum absolute atomic E-state index is 0.0585. The molecule has 0 unspecified atom stereocenters. The van der Waals surface area contributed by atoms with Crippen LogP contribution < -0.4 is 10.5 Å². The molecule has 2 heterocycles. The van der Waals surface area contributed by atoms with Crippen LogP contribution in [0.4, 0.5) is 13.2 Å². The molecule has 0 amide bonds. The number of carbonyl (C=O) groups is 1. The highest BCUT2D eigenvalue weighted by atomic mass is 19.4. The van der Waals surface area contributed by atoms with E-state index >= 15 is 0 Å². The summed E-state index contributed by atoms with van der Waals surface area (Å²) in [5, 5.41) is 4.08. The SMILES string of the molecule is CCOC(=O)c1cnc2c(cnn2C)c1O[C@@H](CN)C(F)(F)F. The van der Waals surface area contributed by atoms with Crippen LogP contribution in [0.5, 0.6) is 5.75 Å². The zero-order valence-electron chi connectivity index (χ0n) is 12.4. The summed E-state index contributed by atoms with van der Waals surface area (Å²) in [6.07, 6.45) is -4.58. The number of hydrogen-bond acceptors (Lipinski definition) is 6. The van der Waals surface area contributed by atoms with Crippen molar-refractivity contribution in [3.63, 3.8) is 0 Å². The molecule has 0 bridgehead atoms. The lowest BCUT2D eigenvalue weighted by atomic mass is 10.2. The lowest BCUT2D eigenvalue weighted by Crippen LogP contribution is -2.41. The van der Waals surface area contributed by atoms with E-state index < -0.39 is 24.8 Å². The summed E-state index contributed by atoms with van der Waals surface area (Å²) in [5.41, 5.74) is 5.20. The minimum atomic E-state index is -4.68. The smallest absolute Gasteiger partial charge is 0.426 e. The zero-order chi connectivity index (χ0) is 17.2. The van der Waals surface area contributed by atoms with Gasteiger partial charge in [0.1, 0.15) is 11.3 Å². The molecule has 0 aliphatic carbocycles. The molecule has 0 saturated heterocycles. The molecule has 7 nitrogen and oxygen atoms in total. The van der Waals surface area contributed by atoms with E-state index in [1.54, 1.807) is 14.0 Å². The van der Waals surface area contributed by atoms with Crippen molar-refractivity contribution >= 4 is 17.0 Å². The molecular weight excluding hydrogens is 317 g/mol. The third-order valence-corrected chi connectivity index (χ3v) is 3.05. The number of halogens is 3. The Morgan fingerprint density at radius 1 is 1.43 bits per heavy atom. The third kappa shape index (κ3) is 3.36. The van der Waals surface area contributed by atoms with Crippen LogP contribution >= 0.6 is 0 Å². The van der Waals surface area contributed by atoms with Crippen molar-refractivity contribution in [2.45, 2.75) is 19.2 Å². The van der Waals surface area contributed by atoms with E-state index in [0.29, 0.717) is 0 Å². The Morgan fingerprint density at radius 3 is 2.70 bits per heavy atom. The Bertz CT molecular complexity index is 714. The van der Waals surface area contributed by atoms with Gasteiger partial charge in [-0.15, -0.1) is 0 Å². The number of carbonyl (C=O) groups excluding carboxylic acids is 1. The maximum atomic E-state index is 12.9. The van der Waals surface area contributed by atoms with Crippen molar-refractivity contribution in [1.82, 2.24) is 14.8 Å². The van der Waals surface area contributed by atoms with Crippen molar-refractivity contribution in [2.24, 2.45) is 12.8 Å². The van der Waals surface area contributed by atoms with E-state index in [0.717, 1.165) is 6.20 Å². The van der Waals surface area contributed by atoms with Crippen LogP contribution in [0.3, 0.4) is 0 Å². The standard InChI is InChI=1S/C13H15F3N4O3/c1-3-22-12(21)8-5-18-11-7(6-19-20(11)2)10(8)23-9(4-17)13(14,15)16/h5-6,9H,3-4,17H2,1-2H3/t9-/m0/s1. The summed E-state index contributed by atoms with van der Waals surface area (Å²) in [7, 11) is 1.56. The van der Waals surface area contributed by atoms with E-state index in [-0.39, 0.29) is 29.0 Å². The summed E-state index contributed by atoms with van der Waals surface area (Å²) >= 11 is 0. The van der Waals surface area contributed by atoms with Gasteiger partial charge in [-0.25, -0.2) is 9.78 Å². The van der Waals surface area contributed by atoms with E-state index in [1.807, 2.05) is 0 Å². The normalized spacial score (nSPS) is 13.1. The second-order valence-electron chi connectivity index (χ2n) is 4.61. The van der Waals surface area contributed by atoms with Gasteiger partial charge in [0.25, 0.3) is 0 Å². The van der Waals surface area contributed by atoms with E-state index in [1.165, 1.54) is 10.9 Å². The van der Waals surface area contributed by atoms with Gasteiger partial charge in [0.05, 0.1) is 18.2 Å². The summed E-state index contributed by atoms with van der Waals surface area (Å²) in [4.78, 5) is 16.0. The van der Waals surface area contributed by atoms with Crippen LogP contribution in [0, 0.1) is 0 Å². The first-order chi connectivity index (χ1) is 10.8. The maximum absolute atomic E-state index is 12.9. The fourth-order valence-corrected chi connectivity index (χ4v) is 1.95. The number of hydrogen-bond donors (Lipinski definition) is 1. The fourth-order valence-electron chi connectivity index (χ4n) is 1.95. The molecule has 2 N–H and O–H groups in total. The monoisotopic (exact) mass is 332 g/mol. The highest BCUT2D eigenvalue weighted by Gasteiger charge is 2.42. The average Bonchev–Trinajstić information content (AvgIpc) is 2.85. The Kier molecular flexibility index (Phi) is 4.73. The van der Waals surface area contributed by atoms with Crippen molar-refractivity contribution in [1.29, 1.82) is 0 Å². The topological polar surface area (TPSA) is 92.3 Å². The van der Waals surface area contributed by atoms with E-state index in [2.05, 4.69) is 10.1 Å². The van der Waals surface area contributed by atoms with E-state index in [9.17, 15) is 18.0 Å². The minimum Gasteiger partial charge on any atom is -0.478 e. The van der Waals surface area contributed by atoms with Crippen molar-refractivity contribution in [3.8, 4) is 5.75 Å². The Labute approximate surface area is 129 Å². The molecule has 2 aromatic rings. The molecule has 0 saturated carbocycles. The largest absolute Gasteiger partial charge is 0.478 e. The first-order valence-corrected chi connectivity index (χ1v) is 6.70. The highest BCUT2D eigenvalue weighted by molar-refractivity contribution is 5.98. The van der Waals surface area contributed by atoms with Gasteiger partial charge in [-0.2, -0.15) is 18.3 Å². The van der Waals surface area contributed by atoms with E-state index in [4.69, 9.17) is 15.2 Å². The lowest BCUT2D eigenvalue weighted by molar-refractivity contribution is -0.191. The number of ether oxygens (including phenoxy) is 2. The molecule has 2 rings (SSSR count). The predicted octanol–water partition coefficient (Wildman–Crippen LogP) is 1.41. The fraction of sp³-hybridized carbons (Fsp3) is 0.462. The van der Waals surface area contributed by atoms with Gasteiger partial charge < -0.3 is 15.2 Å². The van der Waals surface area contributed by atoms with Crippen molar-refractivity contribution in [2.75, 3.05) is 13.2 Å². The number of alkyl halides is 3. The zero-order valence-corrected chi connectivity index (χ0v) is 12.4. The van der Waals surface area contributed by atoms with Crippen molar-refractivity contribution in [3.05, 3.63) is 18.0 Å². The van der Waals surface area contributed by atoms with Gasteiger partial charge in [-0.1, -0.05) is 0 Å². The molecular formula is C13H15F3N4O3. The number of esters is 1. The Hall–Kier alpha value is -2.36. The number of rotatable bonds is 5. The van der Waals surface area contributed by atoms with Gasteiger partial charge in [-0.3, -0.25) is 4.68 Å². The van der Waals surface area contributed by atoms with Gasteiger partial charge in [0.15, 0.2) is 5.65 Å². The van der Waals surface area contributed by atoms with Gasteiger partial charge in [0.2, 0.25) is 6.10 Å². The van der Waals surface area contributed by atoms with Crippen LogP contribution in [0.25, 0.3) is 11.0 Å². The Morgan fingerprint density at radius 2 is 2.13 bits per heavy atom. The summed E-state index contributed by atoms with van der Waals surface area (Å²) in [6, 6.07) is 0. The number of nitrogens with two attached hydrogens (primary N) is 1. The molecule has 10 heteroatoms. The number of nitrogens with zero attached hydrogens (tertiary/aromatic N) is 3. The molecule has 0 radical (unpaired) electrons. The molecule has 0 fully saturated rings. The summed E-state index contributed by atoms with van der Waals surface area (Å²) in [6.45, 7) is 0.839. The molecule has 0 aliphatic heterocycles. The maximum Gasteiger partial charge on any atom is 0.426 e. The number of pyridine rings is 1. The Balaban J connectivity index is 2.56. The second kappa shape index (κ2) is 6.41. The van der Waals surface area contributed by atoms with Crippen LogP contribution in [0.1, 0.15) is 17.3 Å². The lowest BCUT2D eigenvalue weighted by Gasteiger charge is -2.21. The molecule has 0 aromatic carbocycles. The average molecular weight is 332 g/mol. The van der Waals surface area contributed by atoms with Crippen LogP contribution in [-0.2, 0) is 11.8 Å². The molecule has 1 atom stereocenters. The summed E-state index contributed by atoms with van der Waals surface area (Å²) in [5.74, 6) is -1.13. The quantitative estimate of drug-likeness (QED) is 0.833. The number of aryl methyl sites for hydroxylation is 1. The van der Waals surface area contributed by atoms with Crippen LogP contribution in [-0.4, -0.2) is 46.2 Å². The predicted molar refractivity (Wildman–Crippen MR) is 74.0 cm³/mol. The van der Waals surface area contributed by atoms with Gasteiger partial charge in [-0.05, 0) is 6.92 Å². The van der Waals surface area contributed by atoms with Crippen molar-refractivity contribution < 1.29 is 27.4 Å². The van der Waals surface area contributed by atoms with Crippen LogP contribution in [0.2, 0.25) is 0 Å².